The number of benzene rings is 1. The number of amides is 1. The van der Waals surface area contributed by atoms with E-state index in [-0.39, 0.29) is 24.2 Å². The van der Waals surface area contributed by atoms with Crippen molar-refractivity contribution in [1.82, 2.24) is 10.3 Å². The molecule has 1 aromatic carbocycles. The van der Waals surface area contributed by atoms with Crippen molar-refractivity contribution in [3.05, 3.63) is 65.7 Å². The summed E-state index contributed by atoms with van der Waals surface area (Å²) in [5.74, 6) is -0.407. The van der Waals surface area contributed by atoms with Crippen LogP contribution in [0.1, 0.15) is 24.2 Å². The summed E-state index contributed by atoms with van der Waals surface area (Å²) in [7, 11) is 0. The summed E-state index contributed by atoms with van der Waals surface area (Å²) >= 11 is 0. The maximum atomic E-state index is 12.7. The van der Waals surface area contributed by atoms with E-state index in [9.17, 15) is 9.18 Å². The monoisotopic (exact) mass is 258 g/mol. The Morgan fingerprint density at radius 3 is 2.63 bits per heavy atom. The van der Waals surface area contributed by atoms with Crippen molar-refractivity contribution in [2.24, 2.45) is 0 Å². The Hall–Kier alpha value is -2.23. The number of pyridine rings is 1. The summed E-state index contributed by atoms with van der Waals surface area (Å²) in [4.78, 5) is 16.0. The topological polar surface area (TPSA) is 42.0 Å². The molecule has 98 valence electrons. The fourth-order valence-electron chi connectivity index (χ4n) is 1.79. The van der Waals surface area contributed by atoms with Crippen LogP contribution in [0.4, 0.5) is 4.39 Å². The molecular weight excluding hydrogens is 243 g/mol. The first-order chi connectivity index (χ1) is 9.15. The van der Waals surface area contributed by atoms with Crippen molar-refractivity contribution in [1.29, 1.82) is 0 Å². The first kappa shape index (κ1) is 13.2. The van der Waals surface area contributed by atoms with Crippen LogP contribution in [0.2, 0.25) is 0 Å². The molecule has 1 heterocycles. The van der Waals surface area contributed by atoms with Crippen LogP contribution in [0, 0.1) is 5.82 Å². The van der Waals surface area contributed by atoms with Gasteiger partial charge >= 0.3 is 0 Å². The predicted octanol–water partition coefficient (Wildman–Crippen LogP) is 2.64. The van der Waals surface area contributed by atoms with Crippen LogP contribution in [-0.2, 0) is 11.2 Å². The normalized spacial score (nSPS) is 11.9. The van der Waals surface area contributed by atoms with Crippen LogP contribution >= 0.6 is 0 Å². The van der Waals surface area contributed by atoms with Gasteiger partial charge in [-0.3, -0.25) is 9.78 Å². The Labute approximate surface area is 111 Å². The lowest BCUT2D eigenvalue weighted by Gasteiger charge is -2.13. The average Bonchev–Trinajstić information content (AvgIpc) is 2.42. The molecule has 0 spiro atoms. The minimum atomic E-state index is -0.300. The number of hydrogen-bond donors (Lipinski definition) is 1. The van der Waals surface area contributed by atoms with Crippen molar-refractivity contribution in [3.8, 4) is 0 Å². The van der Waals surface area contributed by atoms with E-state index in [4.69, 9.17) is 0 Å². The van der Waals surface area contributed by atoms with Crippen molar-refractivity contribution in [2.45, 2.75) is 19.4 Å². The Morgan fingerprint density at radius 1 is 1.26 bits per heavy atom. The van der Waals surface area contributed by atoms with E-state index >= 15 is 0 Å². The highest BCUT2D eigenvalue weighted by Crippen LogP contribution is 2.09. The van der Waals surface area contributed by atoms with E-state index in [1.54, 1.807) is 18.3 Å². The molecule has 2 aromatic rings. The molecular formula is C15H15FN2O. The molecule has 0 aliphatic heterocycles. The summed E-state index contributed by atoms with van der Waals surface area (Å²) in [6.07, 6.45) is 1.93. The first-order valence-electron chi connectivity index (χ1n) is 6.10. The second-order valence-electron chi connectivity index (χ2n) is 4.35. The SMILES string of the molecule is CC(NC(=O)Cc1ccc(F)cc1)c1ccccn1. The fourth-order valence-corrected chi connectivity index (χ4v) is 1.79. The van der Waals surface area contributed by atoms with Gasteiger partial charge in [-0.2, -0.15) is 0 Å². The van der Waals surface area contributed by atoms with Gasteiger partial charge in [-0.25, -0.2) is 4.39 Å². The summed E-state index contributed by atoms with van der Waals surface area (Å²) in [5.41, 5.74) is 1.60. The third-order valence-corrected chi connectivity index (χ3v) is 2.79. The van der Waals surface area contributed by atoms with E-state index in [0.29, 0.717) is 0 Å². The lowest BCUT2D eigenvalue weighted by molar-refractivity contribution is -0.121. The maximum absolute atomic E-state index is 12.7. The zero-order chi connectivity index (χ0) is 13.7. The van der Waals surface area contributed by atoms with Crippen LogP contribution in [0.5, 0.6) is 0 Å². The van der Waals surface area contributed by atoms with Crippen LogP contribution in [0.25, 0.3) is 0 Å². The first-order valence-corrected chi connectivity index (χ1v) is 6.10. The van der Waals surface area contributed by atoms with Gasteiger partial charge in [0, 0.05) is 6.20 Å². The largest absolute Gasteiger partial charge is 0.348 e. The molecule has 0 saturated heterocycles. The molecule has 4 heteroatoms. The van der Waals surface area contributed by atoms with Crippen molar-refractivity contribution < 1.29 is 9.18 Å². The zero-order valence-corrected chi connectivity index (χ0v) is 10.6. The van der Waals surface area contributed by atoms with Gasteiger partial charge in [-0.15, -0.1) is 0 Å². The summed E-state index contributed by atoms with van der Waals surface area (Å²) in [6, 6.07) is 11.4. The number of halogens is 1. The molecule has 0 bridgehead atoms. The lowest BCUT2D eigenvalue weighted by atomic mass is 10.1. The summed E-state index contributed by atoms with van der Waals surface area (Å²) < 4.78 is 12.7. The zero-order valence-electron chi connectivity index (χ0n) is 10.6. The number of hydrogen-bond acceptors (Lipinski definition) is 2. The Balaban J connectivity index is 1.93. The smallest absolute Gasteiger partial charge is 0.224 e. The van der Waals surface area contributed by atoms with Crippen molar-refractivity contribution in [2.75, 3.05) is 0 Å². The average molecular weight is 258 g/mol. The third kappa shape index (κ3) is 3.88. The number of carbonyl (C=O) groups excluding carboxylic acids is 1. The maximum Gasteiger partial charge on any atom is 0.224 e. The van der Waals surface area contributed by atoms with Crippen LogP contribution < -0.4 is 5.32 Å². The molecule has 0 fully saturated rings. The van der Waals surface area contributed by atoms with Gasteiger partial charge in [-0.05, 0) is 36.8 Å². The Kier molecular flexibility index (Phi) is 4.23. The quantitative estimate of drug-likeness (QED) is 0.916. The van der Waals surface area contributed by atoms with Crippen LogP contribution in [-0.4, -0.2) is 10.9 Å². The van der Waals surface area contributed by atoms with E-state index in [1.165, 1.54) is 12.1 Å². The molecule has 1 N–H and O–H groups in total. The number of aromatic nitrogens is 1. The van der Waals surface area contributed by atoms with Crippen molar-refractivity contribution >= 4 is 5.91 Å². The second kappa shape index (κ2) is 6.09. The van der Waals surface area contributed by atoms with Crippen molar-refractivity contribution in [3.63, 3.8) is 0 Å². The number of rotatable bonds is 4. The van der Waals surface area contributed by atoms with E-state index in [2.05, 4.69) is 10.3 Å². The third-order valence-electron chi connectivity index (χ3n) is 2.79. The van der Waals surface area contributed by atoms with E-state index in [1.807, 2.05) is 25.1 Å². The number of nitrogens with zero attached hydrogens (tertiary/aromatic N) is 1. The minimum Gasteiger partial charge on any atom is -0.348 e. The molecule has 0 aliphatic rings. The molecule has 1 unspecified atom stereocenters. The molecule has 1 aromatic heterocycles. The van der Waals surface area contributed by atoms with Gasteiger partial charge < -0.3 is 5.32 Å². The number of nitrogens with one attached hydrogen (secondary N) is 1. The van der Waals surface area contributed by atoms with Gasteiger partial charge in [0.15, 0.2) is 0 Å². The molecule has 2 rings (SSSR count). The van der Waals surface area contributed by atoms with Gasteiger partial charge in [-0.1, -0.05) is 18.2 Å². The fraction of sp³-hybridized carbons (Fsp3) is 0.200. The van der Waals surface area contributed by atoms with E-state index in [0.717, 1.165) is 11.3 Å². The Bertz CT molecular complexity index is 540. The lowest BCUT2D eigenvalue weighted by Crippen LogP contribution is -2.28. The molecule has 3 nitrogen and oxygen atoms in total. The van der Waals surface area contributed by atoms with Gasteiger partial charge in [0.05, 0.1) is 18.2 Å². The predicted molar refractivity (Wildman–Crippen MR) is 70.9 cm³/mol. The highest BCUT2D eigenvalue weighted by molar-refractivity contribution is 5.78. The van der Waals surface area contributed by atoms with Crippen LogP contribution in [0.3, 0.4) is 0 Å². The summed E-state index contributed by atoms with van der Waals surface area (Å²) in [6.45, 7) is 1.88. The highest BCUT2D eigenvalue weighted by Gasteiger charge is 2.10. The standard InChI is InChI=1S/C15H15FN2O/c1-11(14-4-2-3-9-17-14)18-15(19)10-12-5-7-13(16)8-6-12/h2-9,11H,10H2,1H3,(H,18,19). The van der Waals surface area contributed by atoms with Gasteiger partial charge in [0.25, 0.3) is 0 Å². The van der Waals surface area contributed by atoms with Gasteiger partial charge in [0.2, 0.25) is 5.91 Å². The molecule has 0 radical (unpaired) electrons. The van der Waals surface area contributed by atoms with Gasteiger partial charge in [0.1, 0.15) is 5.82 Å². The molecule has 0 aliphatic carbocycles. The van der Waals surface area contributed by atoms with E-state index < -0.39 is 0 Å². The highest BCUT2D eigenvalue weighted by atomic mass is 19.1. The second-order valence-corrected chi connectivity index (χ2v) is 4.35. The number of carbonyl (C=O) groups is 1. The molecule has 0 saturated carbocycles. The summed E-state index contributed by atoms with van der Waals surface area (Å²) in [5, 5.41) is 2.86. The molecule has 19 heavy (non-hydrogen) atoms. The van der Waals surface area contributed by atoms with Crippen LogP contribution in [0.15, 0.2) is 48.7 Å². The molecule has 1 amide bonds. The molecule has 1 atom stereocenters. The Morgan fingerprint density at radius 2 is 2.00 bits per heavy atom. The minimum absolute atomic E-state index is 0.107.